The van der Waals surface area contributed by atoms with Crippen molar-refractivity contribution in [3.05, 3.63) is 52.4 Å². The molecule has 2 amide bonds. The van der Waals surface area contributed by atoms with Crippen LogP contribution in [0.3, 0.4) is 0 Å². The third kappa shape index (κ3) is 2.91. The van der Waals surface area contributed by atoms with E-state index in [1.807, 2.05) is 0 Å². The van der Waals surface area contributed by atoms with E-state index in [0.29, 0.717) is 21.5 Å². The maximum Gasteiger partial charge on any atom is 0.260 e. The molecule has 1 aromatic carbocycles. The molecule has 104 valence electrons. The number of amides is 2. The number of hydrogen-bond donors (Lipinski definition) is 1. The third-order valence-corrected chi connectivity index (χ3v) is 3.29. The van der Waals surface area contributed by atoms with Gasteiger partial charge < -0.3 is 14.6 Å². The van der Waals surface area contributed by atoms with E-state index < -0.39 is 0 Å². The number of benzene rings is 1. The Labute approximate surface area is 124 Å². The van der Waals surface area contributed by atoms with E-state index in [4.69, 9.17) is 4.42 Å². The molecule has 0 unspecified atom stereocenters. The number of nitrogens with one attached hydrogen (secondary N) is 1. The molecule has 0 saturated heterocycles. The zero-order valence-electron chi connectivity index (χ0n) is 11.0. The Morgan fingerprint density at radius 3 is 2.45 bits per heavy atom. The molecular formula is C14H13BrN2O3. The molecule has 0 spiro atoms. The number of carbonyl (C=O) groups excluding carboxylic acids is 2. The number of carbonyl (C=O) groups is 2. The van der Waals surface area contributed by atoms with Crippen molar-refractivity contribution >= 4 is 33.4 Å². The zero-order valence-corrected chi connectivity index (χ0v) is 12.6. The fourth-order valence-corrected chi connectivity index (χ4v) is 2.09. The smallest absolute Gasteiger partial charge is 0.260 e. The van der Waals surface area contributed by atoms with Gasteiger partial charge in [0.25, 0.3) is 11.8 Å². The molecule has 0 aliphatic carbocycles. The molecule has 1 heterocycles. The Hall–Kier alpha value is -2.08. The summed E-state index contributed by atoms with van der Waals surface area (Å²) >= 11 is 3.15. The lowest BCUT2D eigenvalue weighted by Crippen LogP contribution is -2.24. The second-order valence-corrected chi connectivity index (χ2v) is 5.03. The van der Waals surface area contributed by atoms with Gasteiger partial charge in [-0.2, -0.15) is 0 Å². The van der Waals surface area contributed by atoms with Gasteiger partial charge in [0.1, 0.15) is 0 Å². The van der Waals surface area contributed by atoms with Gasteiger partial charge in [-0.1, -0.05) is 12.1 Å². The summed E-state index contributed by atoms with van der Waals surface area (Å²) in [4.78, 5) is 25.6. The van der Waals surface area contributed by atoms with Gasteiger partial charge >= 0.3 is 0 Å². The van der Waals surface area contributed by atoms with E-state index in [9.17, 15) is 9.59 Å². The number of para-hydroxylation sites is 1. The second kappa shape index (κ2) is 5.92. The molecule has 6 heteroatoms. The first-order valence-corrected chi connectivity index (χ1v) is 6.65. The standard InChI is InChI=1S/C14H13BrN2O3/c1-17(2)14(19)9-5-3-4-6-11(9)16-13(18)10-7-8-20-12(10)15/h3-8H,1-2H3,(H,16,18). The fraction of sp³-hybridized carbons (Fsp3) is 0.143. The Morgan fingerprint density at radius 1 is 1.15 bits per heavy atom. The maximum absolute atomic E-state index is 12.1. The first-order chi connectivity index (χ1) is 9.50. The van der Waals surface area contributed by atoms with E-state index in [1.165, 1.54) is 11.2 Å². The van der Waals surface area contributed by atoms with E-state index in [-0.39, 0.29) is 11.8 Å². The van der Waals surface area contributed by atoms with Gasteiger partial charge in [-0.3, -0.25) is 9.59 Å². The molecule has 1 aromatic heterocycles. The first-order valence-electron chi connectivity index (χ1n) is 5.85. The summed E-state index contributed by atoms with van der Waals surface area (Å²) in [6.07, 6.45) is 1.41. The predicted octanol–water partition coefficient (Wildman–Crippen LogP) is 3.00. The summed E-state index contributed by atoms with van der Waals surface area (Å²) < 4.78 is 5.37. The highest BCUT2D eigenvalue weighted by molar-refractivity contribution is 9.10. The molecule has 0 radical (unpaired) electrons. The summed E-state index contributed by atoms with van der Waals surface area (Å²) in [6, 6.07) is 8.41. The van der Waals surface area contributed by atoms with E-state index >= 15 is 0 Å². The minimum Gasteiger partial charge on any atom is -0.457 e. The Bertz CT molecular complexity index is 649. The quantitative estimate of drug-likeness (QED) is 0.937. The lowest BCUT2D eigenvalue weighted by Gasteiger charge is -2.14. The second-order valence-electron chi connectivity index (χ2n) is 4.31. The SMILES string of the molecule is CN(C)C(=O)c1ccccc1NC(=O)c1ccoc1Br. The monoisotopic (exact) mass is 336 g/mol. The van der Waals surface area contributed by atoms with Crippen LogP contribution in [-0.4, -0.2) is 30.8 Å². The highest BCUT2D eigenvalue weighted by Gasteiger charge is 2.17. The van der Waals surface area contributed by atoms with Gasteiger partial charge in [0, 0.05) is 14.1 Å². The van der Waals surface area contributed by atoms with Crippen molar-refractivity contribution < 1.29 is 14.0 Å². The van der Waals surface area contributed by atoms with Crippen molar-refractivity contribution in [1.82, 2.24) is 4.90 Å². The van der Waals surface area contributed by atoms with E-state index in [1.54, 1.807) is 44.4 Å². The number of halogens is 1. The summed E-state index contributed by atoms with van der Waals surface area (Å²) in [6.45, 7) is 0. The molecule has 0 fully saturated rings. The maximum atomic E-state index is 12.1. The van der Waals surface area contributed by atoms with Crippen molar-refractivity contribution in [1.29, 1.82) is 0 Å². The van der Waals surface area contributed by atoms with Crippen molar-refractivity contribution in [3.8, 4) is 0 Å². The number of furan rings is 1. The predicted molar refractivity (Wildman–Crippen MR) is 78.8 cm³/mol. The summed E-state index contributed by atoms with van der Waals surface area (Å²) in [5, 5.41) is 2.71. The summed E-state index contributed by atoms with van der Waals surface area (Å²) in [7, 11) is 3.32. The number of hydrogen-bond acceptors (Lipinski definition) is 3. The Balaban J connectivity index is 2.28. The average Bonchev–Trinajstić information content (AvgIpc) is 2.84. The van der Waals surface area contributed by atoms with Crippen molar-refractivity contribution in [2.45, 2.75) is 0 Å². The number of rotatable bonds is 3. The van der Waals surface area contributed by atoms with E-state index in [2.05, 4.69) is 21.2 Å². The highest BCUT2D eigenvalue weighted by Crippen LogP contribution is 2.21. The lowest BCUT2D eigenvalue weighted by atomic mass is 10.1. The lowest BCUT2D eigenvalue weighted by molar-refractivity contribution is 0.0828. The van der Waals surface area contributed by atoms with Crippen LogP contribution in [0.25, 0.3) is 0 Å². The van der Waals surface area contributed by atoms with Crippen LogP contribution in [0.5, 0.6) is 0 Å². The summed E-state index contributed by atoms with van der Waals surface area (Å²) in [5.74, 6) is -0.517. The first kappa shape index (κ1) is 14.3. The van der Waals surface area contributed by atoms with Gasteiger partial charge in [0.15, 0.2) is 4.67 Å². The third-order valence-electron chi connectivity index (χ3n) is 2.67. The normalized spacial score (nSPS) is 10.2. The van der Waals surface area contributed by atoms with Crippen molar-refractivity contribution in [2.24, 2.45) is 0 Å². The molecule has 0 bridgehead atoms. The van der Waals surface area contributed by atoms with Crippen LogP contribution in [0, 0.1) is 0 Å². The molecule has 2 rings (SSSR count). The molecule has 5 nitrogen and oxygen atoms in total. The van der Waals surface area contributed by atoms with Crippen molar-refractivity contribution in [3.63, 3.8) is 0 Å². The van der Waals surface area contributed by atoms with E-state index in [0.717, 1.165) is 0 Å². The number of anilines is 1. The fourth-order valence-electron chi connectivity index (χ4n) is 1.66. The molecule has 0 aliphatic rings. The van der Waals surface area contributed by atoms with Crippen LogP contribution in [0.1, 0.15) is 20.7 Å². The molecule has 0 saturated carbocycles. The van der Waals surface area contributed by atoms with Crippen LogP contribution in [0.2, 0.25) is 0 Å². The molecule has 20 heavy (non-hydrogen) atoms. The van der Waals surface area contributed by atoms with Crippen molar-refractivity contribution in [2.75, 3.05) is 19.4 Å². The minimum atomic E-state index is -0.343. The summed E-state index contributed by atoms with van der Waals surface area (Å²) in [5.41, 5.74) is 1.27. The van der Waals surface area contributed by atoms with Crippen LogP contribution < -0.4 is 5.32 Å². The highest BCUT2D eigenvalue weighted by atomic mass is 79.9. The molecule has 0 aliphatic heterocycles. The van der Waals surface area contributed by atoms with Crippen LogP contribution in [-0.2, 0) is 0 Å². The largest absolute Gasteiger partial charge is 0.457 e. The van der Waals surface area contributed by atoms with Gasteiger partial charge in [0.05, 0.1) is 23.1 Å². The minimum absolute atomic E-state index is 0.174. The molecular weight excluding hydrogens is 324 g/mol. The van der Waals surface area contributed by atoms with Crippen LogP contribution >= 0.6 is 15.9 Å². The molecule has 2 aromatic rings. The Kier molecular flexibility index (Phi) is 4.24. The van der Waals surface area contributed by atoms with Gasteiger partial charge in [0.2, 0.25) is 0 Å². The number of nitrogens with zero attached hydrogens (tertiary/aromatic N) is 1. The molecule has 1 N–H and O–H groups in total. The average molecular weight is 337 g/mol. The Morgan fingerprint density at radius 2 is 1.85 bits per heavy atom. The van der Waals surface area contributed by atoms with Crippen LogP contribution in [0.4, 0.5) is 5.69 Å². The van der Waals surface area contributed by atoms with Gasteiger partial charge in [-0.15, -0.1) is 0 Å². The zero-order chi connectivity index (χ0) is 14.7. The van der Waals surface area contributed by atoms with Gasteiger partial charge in [-0.05, 0) is 34.1 Å². The molecule has 0 atom stereocenters. The van der Waals surface area contributed by atoms with Crippen LogP contribution in [0.15, 0.2) is 45.7 Å². The topological polar surface area (TPSA) is 62.6 Å². The van der Waals surface area contributed by atoms with Gasteiger partial charge in [-0.25, -0.2) is 0 Å².